The van der Waals surface area contributed by atoms with Gasteiger partial charge in [-0.25, -0.2) is 4.79 Å². The zero-order chi connectivity index (χ0) is 55.4. The molecule has 0 amide bonds. The lowest BCUT2D eigenvalue weighted by molar-refractivity contribution is -0.347. The molecular formula is C58H86O19. The fourth-order valence-corrected chi connectivity index (χ4v) is 15.0. The molecule has 19 nitrogen and oxygen atoms in total. The zero-order valence-electron chi connectivity index (χ0n) is 46.8. The van der Waals surface area contributed by atoms with Crippen molar-refractivity contribution in [2.45, 2.75) is 247 Å². The summed E-state index contributed by atoms with van der Waals surface area (Å²) in [5, 5.41) is 48.6. The third kappa shape index (κ3) is 10.7. The summed E-state index contributed by atoms with van der Waals surface area (Å²) in [6.07, 6.45) is -1.19. The van der Waals surface area contributed by atoms with Crippen molar-refractivity contribution >= 4 is 17.8 Å². The van der Waals surface area contributed by atoms with Gasteiger partial charge in [0.25, 0.3) is 0 Å². The minimum absolute atomic E-state index is 0.0493. The summed E-state index contributed by atoms with van der Waals surface area (Å²) >= 11 is 0. The average molecular weight is 1090 g/mol. The maximum absolute atomic E-state index is 13.6. The molecule has 432 valence electrons. The third-order valence-corrected chi connectivity index (χ3v) is 19.6. The van der Waals surface area contributed by atoms with E-state index in [1.807, 2.05) is 57.2 Å². The number of aliphatic hydroxyl groups is 4. The number of hydrogen-bond donors (Lipinski definition) is 4. The predicted molar refractivity (Wildman–Crippen MR) is 275 cm³/mol. The highest BCUT2D eigenvalue weighted by Gasteiger charge is 2.81. The number of esters is 1. The Morgan fingerprint density at radius 3 is 1.65 bits per heavy atom. The number of methoxy groups -OCH3 is 4. The summed E-state index contributed by atoms with van der Waals surface area (Å²) in [5.74, 6) is -1.80. The van der Waals surface area contributed by atoms with Crippen molar-refractivity contribution in [1.82, 2.24) is 0 Å². The van der Waals surface area contributed by atoms with E-state index in [9.17, 15) is 30.0 Å². The van der Waals surface area contributed by atoms with Gasteiger partial charge in [0.2, 0.25) is 0 Å². The highest BCUT2D eigenvalue weighted by atomic mass is 16.8. The van der Waals surface area contributed by atoms with Gasteiger partial charge in [0.1, 0.15) is 47.3 Å². The van der Waals surface area contributed by atoms with Crippen LogP contribution in [0.15, 0.2) is 48.1 Å². The molecule has 4 aliphatic carbocycles. The molecule has 0 aromatic heterocycles. The van der Waals surface area contributed by atoms with Gasteiger partial charge in [-0.3, -0.25) is 4.79 Å². The molecule has 4 N–H and O–H groups in total. The molecule has 8 aliphatic rings. The standard InChI is InChI=1S/C58H86O19/c1-31-50(61)39(65-8)26-47(69-31)75-52-33(3)71-49(28-41(52)67-10)77-53-34(4)72-48(29-42(53)68-11)76-51-32(2)70-46(27-40(51)66-9)73-38-20-21-54(6)37(25-38)19-22-57(63)43(54)30-44(74-45(60)18-17-36-15-13-12-14-16-36)55(7)56(62,35(5)59)23-24-58(55,57)64/h12-19,31-34,38-44,46-53,61-64H,20-30H2,1-11H3/b18-17+/t31-,32+,33+,34-,38-,39+,40-,41-,42-,43+,44?,46-,47-,48-,49-,50-,51+,52+,53+,54-,55+,56-,57-,58+/m0/s1. The van der Waals surface area contributed by atoms with Gasteiger partial charge in [0.15, 0.2) is 30.9 Å². The molecule has 4 heterocycles. The van der Waals surface area contributed by atoms with E-state index in [2.05, 4.69) is 6.92 Å². The van der Waals surface area contributed by atoms with E-state index >= 15 is 0 Å². The Labute approximate surface area is 453 Å². The predicted octanol–water partition coefficient (Wildman–Crippen LogP) is 5.24. The molecule has 9 rings (SSSR count). The van der Waals surface area contributed by atoms with E-state index < -0.39 is 144 Å². The Morgan fingerprint density at radius 2 is 1.14 bits per heavy atom. The van der Waals surface area contributed by atoms with Crippen LogP contribution in [0, 0.1) is 16.7 Å². The van der Waals surface area contributed by atoms with Crippen molar-refractivity contribution in [1.29, 1.82) is 0 Å². The summed E-state index contributed by atoms with van der Waals surface area (Å²) in [4.78, 5) is 27.0. The fraction of sp³-hybridized carbons (Fsp3) is 0.793. The quantitative estimate of drug-likeness (QED) is 0.0942. The minimum atomic E-state index is -2.05. The lowest BCUT2D eigenvalue weighted by Crippen LogP contribution is -2.78. The monoisotopic (exact) mass is 1090 g/mol. The number of aliphatic hydroxyl groups excluding tert-OH is 1. The molecule has 24 atom stereocenters. The molecule has 3 saturated carbocycles. The molecule has 1 aromatic carbocycles. The first-order chi connectivity index (χ1) is 36.6. The van der Waals surface area contributed by atoms with Gasteiger partial charge < -0.3 is 82.0 Å². The number of hydrogen-bond acceptors (Lipinski definition) is 19. The van der Waals surface area contributed by atoms with Crippen LogP contribution in [-0.2, 0) is 71.2 Å². The number of rotatable bonds is 16. The number of benzene rings is 1. The van der Waals surface area contributed by atoms with Crippen molar-refractivity contribution in [3.63, 3.8) is 0 Å². The Balaban J connectivity index is 0.809. The zero-order valence-corrected chi connectivity index (χ0v) is 46.8. The summed E-state index contributed by atoms with van der Waals surface area (Å²) in [7, 11) is 6.48. The Bertz CT molecular complexity index is 2270. The molecule has 1 unspecified atom stereocenters. The van der Waals surface area contributed by atoms with Gasteiger partial charge in [-0.1, -0.05) is 48.9 Å². The number of Topliss-reactive ketones (excluding diaryl/α,β-unsaturated/α-hetero) is 1. The lowest BCUT2D eigenvalue weighted by atomic mass is 9.42. The van der Waals surface area contributed by atoms with Crippen molar-refractivity contribution in [3.8, 4) is 0 Å². The smallest absolute Gasteiger partial charge is 0.331 e. The summed E-state index contributed by atoms with van der Waals surface area (Å²) in [5.41, 5.74) is -6.24. The van der Waals surface area contributed by atoms with E-state index in [0.29, 0.717) is 44.9 Å². The van der Waals surface area contributed by atoms with Crippen LogP contribution in [-0.4, -0.2) is 188 Å². The number of ether oxygens (including phenoxy) is 13. The van der Waals surface area contributed by atoms with E-state index in [1.165, 1.54) is 13.0 Å². The maximum atomic E-state index is 13.6. The Kier molecular flexibility index (Phi) is 17.7. The van der Waals surface area contributed by atoms with Crippen molar-refractivity contribution in [2.24, 2.45) is 16.7 Å². The maximum Gasteiger partial charge on any atom is 0.331 e. The number of ketones is 1. The molecule has 0 radical (unpaired) electrons. The third-order valence-electron chi connectivity index (χ3n) is 19.6. The summed E-state index contributed by atoms with van der Waals surface area (Å²) in [6.45, 7) is 12.5. The first kappa shape index (κ1) is 58.8. The largest absolute Gasteiger partial charge is 0.458 e. The molecular weight excluding hydrogens is 1000 g/mol. The number of carbonyl (C=O) groups is 2. The topological polar surface area (TPSA) is 235 Å². The van der Waals surface area contributed by atoms with Crippen LogP contribution in [0.2, 0.25) is 0 Å². The van der Waals surface area contributed by atoms with Gasteiger partial charge in [-0.15, -0.1) is 0 Å². The molecule has 0 spiro atoms. The van der Waals surface area contributed by atoms with Crippen LogP contribution in [0.5, 0.6) is 0 Å². The van der Waals surface area contributed by atoms with Crippen LogP contribution < -0.4 is 0 Å². The van der Waals surface area contributed by atoms with Gasteiger partial charge in [0.05, 0.1) is 60.4 Å². The van der Waals surface area contributed by atoms with Crippen LogP contribution in [0.3, 0.4) is 0 Å². The fourth-order valence-electron chi connectivity index (χ4n) is 15.0. The van der Waals surface area contributed by atoms with E-state index in [1.54, 1.807) is 48.4 Å². The number of carbonyl (C=O) groups excluding carboxylic acids is 2. The molecule has 4 saturated heterocycles. The summed E-state index contributed by atoms with van der Waals surface area (Å²) in [6, 6.07) is 9.30. The van der Waals surface area contributed by atoms with Crippen LogP contribution in [0.1, 0.15) is 125 Å². The van der Waals surface area contributed by atoms with E-state index in [0.717, 1.165) is 11.1 Å². The molecule has 0 bridgehead atoms. The number of fused-ring (bicyclic) bond motifs is 5. The van der Waals surface area contributed by atoms with Gasteiger partial charge in [0, 0.05) is 66.1 Å². The molecule has 4 aliphatic heterocycles. The highest BCUT2D eigenvalue weighted by molar-refractivity contribution is 5.88. The molecule has 1 aromatic rings. The second-order valence-electron chi connectivity index (χ2n) is 23.6. The van der Waals surface area contributed by atoms with Crippen molar-refractivity contribution in [3.05, 3.63) is 53.6 Å². The molecule has 77 heavy (non-hydrogen) atoms. The van der Waals surface area contributed by atoms with Gasteiger partial charge in [-0.05, 0) is 104 Å². The first-order valence-electron chi connectivity index (χ1n) is 27.9. The summed E-state index contributed by atoms with van der Waals surface area (Å²) < 4.78 is 81.6. The SMILES string of the molecule is CO[C@H]1C[C@H](O[C@H]2[C@@H](OC)C[C@H](O[C@H]3CC[C@@]4(C)C(=CC[C@]5(O)[C@@H]4CC(OC(=O)/C=C/c4ccccc4)[C@@]4(C)[C@]5(O)CC[C@]4(O)C(C)=O)C3)O[C@@H]2C)O[C@@H](C)[C@H]1O[C@H]1C[C@H](OC)[C@H](O[C@H]2C[C@@H](OC)[C@@H](O)[C@H](C)O2)[C@@H](C)O1. The van der Waals surface area contributed by atoms with Crippen LogP contribution in [0.25, 0.3) is 6.08 Å². The first-order valence-corrected chi connectivity index (χ1v) is 27.9. The van der Waals surface area contributed by atoms with E-state index in [4.69, 9.17) is 61.6 Å². The van der Waals surface area contributed by atoms with E-state index in [-0.39, 0.29) is 37.9 Å². The molecule has 19 heteroatoms. The molecule has 7 fully saturated rings. The van der Waals surface area contributed by atoms with Crippen LogP contribution >= 0.6 is 0 Å². The van der Waals surface area contributed by atoms with Gasteiger partial charge in [-0.2, -0.15) is 0 Å². The minimum Gasteiger partial charge on any atom is -0.458 e. The van der Waals surface area contributed by atoms with Gasteiger partial charge >= 0.3 is 5.97 Å². The lowest BCUT2D eigenvalue weighted by Gasteiger charge is -2.67. The Morgan fingerprint density at radius 1 is 0.649 bits per heavy atom. The average Bonchev–Trinajstić information content (AvgIpc) is 3.79. The normalized spacial score (nSPS) is 48.1. The van der Waals surface area contributed by atoms with Crippen molar-refractivity contribution < 1.29 is 91.6 Å². The second-order valence-corrected chi connectivity index (χ2v) is 23.6. The highest BCUT2D eigenvalue weighted by Crippen LogP contribution is 2.71. The van der Waals surface area contributed by atoms with Crippen LogP contribution in [0.4, 0.5) is 0 Å². The Hall–Kier alpha value is -2.80. The second kappa shape index (κ2) is 23.2. The van der Waals surface area contributed by atoms with Crippen molar-refractivity contribution in [2.75, 3.05) is 28.4 Å².